The second kappa shape index (κ2) is 12.4. The summed E-state index contributed by atoms with van der Waals surface area (Å²) in [6.07, 6.45) is 2.71. The number of benzene rings is 3. The summed E-state index contributed by atoms with van der Waals surface area (Å²) in [7, 11) is -3.51. The second-order valence-electron chi connectivity index (χ2n) is 8.51. The van der Waals surface area contributed by atoms with Gasteiger partial charge in [-0.05, 0) is 92.4 Å². The summed E-state index contributed by atoms with van der Waals surface area (Å²) in [5.74, 6) is 0.879. The number of carbonyl (C=O) groups is 1. The number of amides is 1. The first-order chi connectivity index (χ1) is 17.6. The third-order valence-electron chi connectivity index (χ3n) is 5.67. The van der Waals surface area contributed by atoms with Crippen molar-refractivity contribution in [2.24, 2.45) is 5.10 Å². The maximum Gasteiger partial charge on any atom is 0.271 e. The zero-order valence-corrected chi connectivity index (χ0v) is 22.6. The number of anilines is 1. The van der Waals surface area contributed by atoms with Gasteiger partial charge in [0.2, 0.25) is 10.0 Å². The molecule has 0 aliphatic rings. The highest BCUT2D eigenvalue weighted by molar-refractivity contribution is 7.92. The first-order valence-electron chi connectivity index (χ1n) is 12.0. The Bertz CT molecular complexity index is 1370. The lowest BCUT2D eigenvalue weighted by Gasteiger charge is -2.23. The molecule has 0 aromatic heterocycles. The quantitative estimate of drug-likeness (QED) is 0.287. The van der Waals surface area contributed by atoms with Crippen molar-refractivity contribution in [1.82, 2.24) is 5.43 Å². The van der Waals surface area contributed by atoms with Crippen molar-refractivity contribution in [2.75, 3.05) is 23.8 Å². The lowest BCUT2D eigenvalue weighted by atomic mass is 10.1. The Hall–Kier alpha value is -3.85. The van der Waals surface area contributed by atoms with Gasteiger partial charge in [0.25, 0.3) is 5.91 Å². The van der Waals surface area contributed by atoms with Crippen LogP contribution in [0.1, 0.15) is 46.5 Å². The summed E-state index contributed by atoms with van der Waals surface area (Å²) in [5.41, 5.74) is 7.11. The summed E-state index contributed by atoms with van der Waals surface area (Å²) in [4.78, 5) is 12.6. The lowest BCUT2D eigenvalue weighted by molar-refractivity contribution is 0.0955. The molecule has 0 bridgehead atoms. The van der Waals surface area contributed by atoms with Crippen LogP contribution in [0.3, 0.4) is 0 Å². The molecule has 0 aliphatic heterocycles. The Morgan fingerprint density at radius 3 is 2.22 bits per heavy atom. The minimum Gasteiger partial charge on any atom is -0.490 e. The number of aryl methyl sites for hydroxylation is 2. The fourth-order valence-corrected chi connectivity index (χ4v) is 4.47. The highest BCUT2D eigenvalue weighted by Gasteiger charge is 2.18. The van der Waals surface area contributed by atoms with E-state index in [9.17, 15) is 13.2 Å². The van der Waals surface area contributed by atoms with Gasteiger partial charge in [0.05, 0.1) is 37.9 Å². The molecule has 196 valence electrons. The fourth-order valence-electron chi connectivity index (χ4n) is 3.59. The van der Waals surface area contributed by atoms with Crippen molar-refractivity contribution < 1.29 is 22.7 Å². The number of nitrogens with one attached hydrogen (secondary N) is 1. The fraction of sp³-hybridized carbons (Fsp3) is 0.286. The summed E-state index contributed by atoms with van der Waals surface area (Å²) in [5, 5.41) is 4.04. The number of hydrogen-bond donors (Lipinski definition) is 1. The monoisotopic (exact) mass is 523 g/mol. The maximum atomic E-state index is 12.6. The van der Waals surface area contributed by atoms with Crippen molar-refractivity contribution in [2.45, 2.75) is 34.2 Å². The zero-order valence-electron chi connectivity index (χ0n) is 21.8. The zero-order chi connectivity index (χ0) is 27.0. The first kappa shape index (κ1) is 27.7. The first-order valence-corrected chi connectivity index (χ1v) is 13.8. The number of ether oxygens (including phenoxy) is 2. The van der Waals surface area contributed by atoms with Gasteiger partial charge in [-0.25, -0.2) is 13.8 Å². The standard InChI is InChI=1S/C28H33N3O5S/c1-6-35-26-15-11-23(17-27(26)36-7-2)18-29-30-28(32)24-12-9-22(10-13-24)19-31(37(5,33)34)25-14-8-20(3)21(4)16-25/h8-18H,6-7,19H2,1-5H3,(H,30,32)/b29-18-. The van der Waals surface area contributed by atoms with Crippen LogP contribution in [0.4, 0.5) is 5.69 Å². The van der Waals surface area contributed by atoms with Crippen LogP contribution in [0.15, 0.2) is 65.8 Å². The van der Waals surface area contributed by atoms with E-state index >= 15 is 0 Å². The van der Waals surface area contributed by atoms with Gasteiger partial charge in [-0.15, -0.1) is 0 Å². The van der Waals surface area contributed by atoms with E-state index < -0.39 is 10.0 Å². The highest BCUT2D eigenvalue weighted by atomic mass is 32.2. The molecule has 3 aromatic carbocycles. The third kappa shape index (κ3) is 7.57. The summed E-state index contributed by atoms with van der Waals surface area (Å²) in [6, 6.07) is 17.7. The summed E-state index contributed by atoms with van der Waals surface area (Å²) in [6.45, 7) is 8.91. The molecule has 0 unspecified atom stereocenters. The predicted octanol–water partition coefficient (Wildman–Crippen LogP) is 4.83. The second-order valence-corrected chi connectivity index (χ2v) is 10.4. The molecule has 0 saturated heterocycles. The minimum atomic E-state index is -3.51. The van der Waals surface area contributed by atoms with Gasteiger partial charge in [-0.2, -0.15) is 5.10 Å². The van der Waals surface area contributed by atoms with E-state index in [-0.39, 0.29) is 12.5 Å². The van der Waals surface area contributed by atoms with Crippen LogP contribution >= 0.6 is 0 Å². The van der Waals surface area contributed by atoms with Crippen LogP contribution in [0.25, 0.3) is 0 Å². The molecule has 9 heteroatoms. The molecule has 0 saturated carbocycles. The van der Waals surface area contributed by atoms with Gasteiger partial charge in [-0.1, -0.05) is 18.2 Å². The van der Waals surface area contributed by atoms with Gasteiger partial charge in [-0.3, -0.25) is 9.10 Å². The number of hydrazone groups is 1. The Kier molecular flexibility index (Phi) is 9.30. The van der Waals surface area contributed by atoms with Crippen LogP contribution in [0.2, 0.25) is 0 Å². The van der Waals surface area contributed by atoms with E-state index in [1.807, 2.05) is 45.9 Å². The SMILES string of the molecule is CCOc1ccc(/C=N\NC(=O)c2ccc(CN(c3ccc(C)c(C)c3)S(C)(=O)=O)cc2)cc1OCC. The molecule has 3 rings (SSSR count). The van der Waals surface area contributed by atoms with Crippen LogP contribution in [-0.2, 0) is 16.6 Å². The lowest BCUT2D eigenvalue weighted by Crippen LogP contribution is -2.29. The van der Waals surface area contributed by atoms with Gasteiger partial charge in [0, 0.05) is 5.56 Å². The van der Waals surface area contributed by atoms with Crippen molar-refractivity contribution in [3.63, 3.8) is 0 Å². The molecule has 8 nitrogen and oxygen atoms in total. The number of rotatable bonds is 11. The third-order valence-corrected chi connectivity index (χ3v) is 6.81. The molecule has 0 heterocycles. The van der Waals surface area contributed by atoms with Gasteiger partial charge in [0.1, 0.15) is 0 Å². The average Bonchev–Trinajstić information content (AvgIpc) is 2.86. The van der Waals surface area contributed by atoms with E-state index in [0.717, 1.165) is 22.3 Å². The molecule has 0 aliphatic carbocycles. The van der Waals surface area contributed by atoms with Crippen molar-refractivity contribution in [3.05, 3.63) is 88.5 Å². The van der Waals surface area contributed by atoms with Crippen LogP contribution in [0, 0.1) is 13.8 Å². The normalized spacial score (nSPS) is 11.4. The van der Waals surface area contributed by atoms with Crippen molar-refractivity contribution >= 4 is 27.8 Å². The van der Waals surface area contributed by atoms with Gasteiger partial charge in [0.15, 0.2) is 11.5 Å². The molecular weight excluding hydrogens is 490 g/mol. The summed E-state index contributed by atoms with van der Waals surface area (Å²) >= 11 is 0. The molecule has 3 aromatic rings. The van der Waals surface area contributed by atoms with Gasteiger partial charge < -0.3 is 9.47 Å². The smallest absolute Gasteiger partial charge is 0.271 e. The molecule has 0 atom stereocenters. The van der Waals surface area contributed by atoms with E-state index in [4.69, 9.17) is 9.47 Å². The number of sulfonamides is 1. The van der Waals surface area contributed by atoms with E-state index in [1.165, 1.54) is 16.8 Å². The molecule has 1 N–H and O–H groups in total. The molecule has 1 amide bonds. The molecule has 37 heavy (non-hydrogen) atoms. The molecular formula is C28H33N3O5S. The Labute approximate surface area is 219 Å². The Morgan fingerprint density at radius 2 is 1.59 bits per heavy atom. The predicted molar refractivity (Wildman–Crippen MR) is 147 cm³/mol. The topological polar surface area (TPSA) is 97.3 Å². The van der Waals surface area contributed by atoms with Crippen molar-refractivity contribution in [1.29, 1.82) is 0 Å². The molecule has 0 radical (unpaired) electrons. The van der Waals surface area contributed by atoms with Crippen LogP contribution in [0.5, 0.6) is 11.5 Å². The maximum absolute atomic E-state index is 12.6. The van der Waals surface area contributed by atoms with Gasteiger partial charge >= 0.3 is 0 Å². The number of hydrogen-bond acceptors (Lipinski definition) is 6. The van der Waals surface area contributed by atoms with E-state index in [2.05, 4.69) is 10.5 Å². The number of nitrogens with zero attached hydrogens (tertiary/aromatic N) is 2. The molecule has 0 spiro atoms. The van der Waals surface area contributed by atoms with Crippen LogP contribution in [-0.4, -0.2) is 40.0 Å². The van der Waals surface area contributed by atoms with Crippen molar-refractivity contribution in [3.8, 4) is 11.5 Å². The largest absolute Gasteiger partial charge is 0.490 e. The van der Waals surface area contributed by atoms with Crippen LogP contribution < -0.4 is 19.2 Å². The highest BCUT2D eigenvalue weighted by Crippen LogP contribution is 2.28. The van der Waals surface area contributed by atoms with E-state index in [1.54, 1.807) is 42.5 Å². The summed E-state index contributed by atoms with van der Waals surface area (Å²) < 4.78 is 37.5. The van der Waals surface area contributed by atoms with E-state index in [0.29, 0.717) is 36.0 Å². The minimum absolute atomic E-state index is 0.154. The number of carbonyl (C=O) groups excluding carboxylic acids is 1. The average molecular weight is 524 g/mol. The Morgan fingerprint density at radius 1 is 0.919 bits per heavy atom. The Balaban J connectivity index is 1.68. The molecule has 0 fully saturated rings.